The number of ether oxygens (including phenoxy) is 3. The van der Waals surface area contributed by atoms with Crippen LogP contribution in [0, 0.1) is 5.82 Å². The summed E-state index contributed by atoms with van der Waals surface area (Å²) >= 11 is 0. The van der Waals surface area contributed by atoms with Crippen LogP contribution in [-0.2, 0) is 19.0 Å². The molecule has 0 radical (unpaired) electrons. The van der Waals surface area contributed by atoms with E-state index in [1.54, 1.807) is 23.2 Å². The lowest BCUT2D eigenvalue weighted by atomic mass is 9.99. The zero-order valence-electron chi connectivity index (χ0n) is 18.0. The molecule has 170 valence electrons. The number of aromatic nitrogens is 2. The average molecular weight is 442 g/mol. The van der Waals surface area contributed by atoms with Gasteiger partial charge in [-0.1, -0.05) is 18.2 Å². The number of hydrogen-bond acceptors (Lipinski definition) is 5. The van der Waals surface area contributed by atoms with Crippen LogP contribution in [0.5, 0.6) is 0 Å². The van der Waals surface area contributed by atoms with Crippen molar-refractivity contribution in [2.45, 2.75) is 38.0 Å². The maximum atomic E-state index is 15.0. The number of amides is 1. The van der Waals surface area contributed by atoms with Gasteiger partial charge in [0, 0.05) is 37.0 Å². The van der Waals surface area contributed by atoms with Crippen molar-refractivity contribution >= 4 is 5.91 Å². The predicted molar refractivity (Wildman–Crippen MR) is 115 cm³/mol. The Hall–Kier alpha value is -2.55. The molecule has 32 heavy (non-hydrogen) atoms. The molecule has 2 unspecified atom stereocenters. The summed E-state index contributed by atoms with van der Waals surface area (Å²) in [5, 5.41) is 4.42. The minimum Gasteiger partial charge on any atom is -0.370 e. The molecule has 0 bridgehead atoms. The van der Waals surface area contributed by atoms with Crippen LogP contribution >= 0.6 is 0 Å². The molecule has 2 fully saturated rings. The molecule has 7 nitrogen and oxygen atoms in total. The molecule has 8 heteroatoms. The van der Waals surface area contributed by atoms with E-state index < -0.39 is 0 Å². The molecule has 3 aliphatic rings. The Morgan fingerprint density at radius 1 is 1.12 bits per heavy atom. The quantitative estimate of drug-likeness (QED) is 0.663. The second kappa shape index (κ2) is 9.52. The van der Waals surface area contributed by atoms with Gasteiger partial charge in [0.1, 0.15) is 18.7 Å². The number of halogens is 1. The van der Waals surface area contributed by atoms with E-state index in [2.05, 4.69) is 11.2 Å². The summed E-state index contributed by atoms with van der Waals surface area (Å²) < 4.78 is 33.7. The van der Waals surface area contributed by atoms with Gasteiger partial charge in [-0.25, -0.2) is 9.07 Å². The van der Waals surface area contributed by atoms with E-state index in [0.29, 0.717) is 38.3 Å². The fraction of sp³-hybridized carbons (Fsp3) is 0.500. The largest absolute Gasteiger partial charge is 0.370 e. The van der Waals surface area contributed by atoms with E-state index in [9.17, 15) is 9.18 Å². The van der Waals surface area contributed by atoms with Gasteiger partial charge in [0.15, 0.2) is 0 Å². The van der Waals surface area contributed by atoms with Gasteiger partial charge < -0.3 is 19.1 Å². The summed E-state index contributed by atoms with van der Waals surface area (Å²) in [6.07, 6.45) is 9.13. The molecule has 2 aromatic rings. The Kier molecular flexibility index (Phi) is 6.34. The van der Waals surface area contributed by atoms with E-state index in [1.807, 2.05) is 16.9 Å². The topological polar surface area (TPSA) is 65.8 Å². The number of hydrogen-bond donors (Lipinski definition) is 0. The Morgan fingerprint density at radius 2 is 2.06 bits per heavy atom. The van der Waals surface area contributed by atoms with Gasteiger partial charge in [-0.15, -0.1) is 0 Å². The fourth-order valence-corrected chi connectivity index (χ4v) is 4.44. The number of morpholine rings is 1. The minimum atomic E-state index is -0.327. The molecule has 3 aliphatic heterocycles. The Bertz CT molecular complexity index is 999. The Morgan fingerprint density at radius 3 is 2.81 bits per heavy atom. The number of benzene rings is 1. The van der Waals surface area contributed by atoms with Crippen LogP contribution < -0.4 is 0 Å². The summed E-state index contributed by atoms with van der Waals surface area (Å²) in [5.74, 6) is -0.284. The van der Waals surface area contributed by atoms with Gasteiger partial charge in [0.05, 0.1) is 25.5 Å². The van der Waals surface area contributed by atoms with E-state index in [1.165, 1.54) is 0 Å². The van der Waals surface area contributed by atoms with E-state index in [-0.39, 0.29) is 30.7 Å². The van der Waals surface area contributed by atoms with Crippen LogP contribution in [0.1, 0.15) is 43.6 Å². The summed E-state index contributed by atoms with van der Waals surface area (Å²) in [6, 6.07) is 5.26. The highest BCUT2D eigenvalue weighted by Gasteiger charge is 2.24. The first-order valence-electron chi connectivity index (χ1n) is 11.3. The SMILES string of the molecule is O=C1COCCN1CC1=CCC(c2ccc(-c3cnn(C4CCCCO4)c3)cc2F)OC1. The average Bonchev–Trinajstić information content (AvgIpc) is 3.32. The third-order valence-corrected chi connectivity index (χ3v) is 6.30. The summed E-state index contributed by atoms with van der Waals surface area (Å²) in [6.45, 7) is 2.99. The van der Waals surface area contributed by atoms with Crippen molar-refractivity contribution in [2.24, 2.45) is 0 Å². The zero-order valence-corrected chi connectivity index (χ0v) is 18.0. The van der Waals surface area contributed by atoms with Gasteiger partial charge in [-0.2, -0.15) is 5.10 Å². The molecule has 2 saturated heterocycles. The molecule has 0 aliphatic carbocycles. The van der Waals surface area contributed by atoms with Gasteiger partial charge in [0.25, 0.3) is 0 Å². The number of carbonyl (C=O) groups is 1. The summed E-state index contributed by atoms with van der Waals surface area (Å²) in [4.78, 5) is 13.7. The highest BCUT2D eigenvalue weighted by atomic mass is 19.1. The van der Waals surface area contributed by atoms with Crippen molar-refractivity contribution in [1.82, 2.24) is 14.7 Å². The first-order valence-corrected chi connectivity index (χ1v) is 11.3. The molecular weight excluding hydrogens is 413 g/mol. The van der Waals surface area contributed by atoms with E-state index in [0.717, 1.165) is 42.6 Å². The van der Waals surface area contributed by atoms with Crippen molar-refractivity contribution in [1.29, 1.82) is 0 Å². The highest BCUT2D eigenvalue weighted by molar-refractivity contribution is 5.78. The van der Waals surface area contributed by atoms with Gasteiger partial charge >= 0.3 is 0 Å². The third kappa shape index (κ3) is 4.62. The third-order valence-electron chi connectivity index (χ3n) is 6.30. The second-order valence-electron chi connectivity index (χ2n) is 8.53. The van der Waals surface area contributed by atoms with Crippen LogP contribution in [0.2, 0.25) is 0 Å². The van der Waals surface area contributed by atoms with Gasteiger partial charge in [-0.05, 0) is 42.9 Å². The molecule has 2 atom stereocenters. The van der Waals surface area contributed by atoms with E-state index >= 15 is 0 Å². The molecular formula is C24H28FN3O4. The monoisotopic (exact) mass is 441 g/mol. The molecule has 4 heterocycles. The Balaban J connectivity index is 1.23. The Labute approximate surface area is 186 Å². The lowest BCUT2D eigenvalue weighted by Crippen LogP contribution is -2.43. The fourth-order valence-electron chi connectivity index (χ4n) is 4.44. The maximum Gasteiger partial charge on any atom is 0.248 e. The summed E-state index contributed by atoms with van der Waals surface area (Å²) in [7, 11) is 0. The lowest BCUT2D eigenvalue weighted by molar-refractivity contribution is -0.142. The maximum absolute atomic E-state index is 15.0. The molecule has 0 saturated carbocycles. The minimum absolute atomic E-state index is 0.000668. The van der Waals surface area contributed by atoms with Crippen LogP contribution in [0.4, 0.5) is 4.39 Å². The van der Waals surface area contributed by atoms with Crippen LogP contribution in [0.25, 0.3) is 11.1 Å². The van der Waals surface area contributed by atoms with E-state index in [4.69, 9.17) is 14.2 Å². The molecule has 5 rings (SSSR count). The van der Waals surface area contributed by atoms with Gasteiger partial charge in [0.2, 0.25) is 5.91 Å². The zero-order chi connectivity index (χ0) is 21.9. The molecule has 0 N–H and O–H groups in total. The second-order valence-corrected chi connectivity index (χ2v) is 8.53. The smallest absolute Gasteiger partial charge is 0.248 e. The number of nitrogens with zero attached hydrogens (tertiary/aromatic N) is 3. The van der Waals surface area contributed by atoms with Crippen molar-refractivity contribution in [3.63, 3.8) is 0 Å². The first kappa shape index (κ1) is 21.3. The molecule has 1 aromatic carbocycles. The van der Waals surface area contributed by atoms with Crippen molar-refractivity contribution in [3.8, 4) is 11.1 Å². The van der Waals surface area contributed by atoms with Gasteiger partial charge in [-0.3, -0.25) is 4.79 Å². The standard InChI is InChI=1S/C24H28FN3O4/c25-21-11-18(19-12-26-28(14-19)24-3-1-2-9-31-24)5-6-20(21)22-7-4-17(15-32-22)13-27-8-10-30-16-23(27)29/h4-6,11-12,14,22,24H,1-3,7-10,13,15-16H2. The van der Waals surface area contributed by atoms with Crippen molar-refractivity contribution < 1.29 is 23.4 Å². The lowest BCUT2D eigenvalue weighted by Gasteiger charge is -2.30. The number of carbonyl (C=O) groups excluding carboxylic acids is 1. The summed E-state index contributed by atoms with van der Waals surface area (Å²) in [5.41, 5.74) is 3.25. The van der Waals surface area contributed by atoms with Crippen LogP contribution in [0.3, 0.4) is 0 Å². The van der Waals surface area contributed by atoms with Crippen LogP contribution in [-0.4, -0.2) is 60.1 Å². The molecule has 0 spiro atoms. The van der Waals surface area contributed by atoms with Crippen molar-refractivity contribution in [3.05, 3.63) is 53.6 Å². The first-order chi connectivity index (χ1) is 15.7. The highest BCUT2D eigenvalue weighted by Crippen LogP contribution is 2.32. The predicted octanol–water partition coefficient (Wildman–Crippen LogP) is 3.63. The van der Waals surface area contributed by atoms with Crippen LogP contribution in [0.15, 0.2) is 42.2 Å². The normalized spacial score (nSPS) is 24.5. The molecule has 1 amide bonds. The molecule has 1 aromatic heterocycles. The van der Waals surface area contributed by atoms with Crippen molar-refractivity contribution in [2.75, 3.05) is 39.5 Å². The number of rotatable bonds is 5.